The zero-order chi connectivity index (χ0) is 19.6. The molecular weight excluding hydrogens is 348 g/mol. The maximum Gasteiger partial charge on any atom is 0.385 e. The minimum Gasteiger partial charge on any atom is -0.504 e. The summed E-state index contributed by atoms with van der Waals surface area (Å²) in [7, 11) is 4.57. The summed E-state index contributed by atoms with van der Waals surface area (Å²) in [6, 6.07) is 10.0. The van der Waals surface area contributed by atoms with Crippen LogP contribution in [0.2, 0.25) is 0 Å². The van der Waals surface area contributed by atoms with Crippen LogP contribution in [-0.4, -0.2) is 39.0 Å². The molecule has 0 amide bonds. The van der Waals surface area contributed by atoms with Crippen LogP contribution in [0.25, 0.3) is 6.08 Å². The Bertz CT molecular complexity index is 889. The fourth-order valence-corrected chi connectivity index (χ4v) is 2.18. The molecule has 0 bridgehead atoms. The Kier molecular flexibility index (Phi) is 7.15. The van der Waals surface area contributed by atoms with Crippen LogP contribution < -0.4 is 14.2 Å². The molecule has 2 rings (SSSR count). The Morgan fingerprint density at radius 2 is 1.74 bits per heavy atom. The van der Waals surface area contributed by atoms with Gasteiger partial charge in [0.05, 0.1) is 21.3 Å². The summed E-state index contributed by atoms with van der Waals surface area (Å²) in [4.78, 5) is 11.7. The van der Waals surface area contributed by atoms with E-state index in [9.17, 15) is 9.90 Å². The number of carbonyl (C=O) groups is 1. The molecule has 2 aromatic carbocycles. The molecule has 0 fully saturated rings. The number of hydrogen-bond donors (Lipinski definition) is 1. The number of rotatable bonds is 6. The van der Waals surface area contributed by atoms with E-state index in [4.69, 9.17) is 18.9 Å². The van der Waals surface area contributed by atoms with E-state index in [0.29, 0.717) is 17.1 Å². The summed E-state index contributed by atoms with van der Waals surface area (Å²) in [6.45, 7) is 0.0841. The number of phenolic OH excluding ortho intramolecular Hbond substituents is 1. The number of methoxy groups -OCH3 is 3. The van der Waals surface area contributed by atoms with Gasteiger partial charge in [0.2, 0.25) is 0 Å². The van der Waals surface area contributed by atoms with Gasteiger partial charge in [0, 0.05) is 11.5 Å². The summed E-state index contributed by atoms with van der Waals surface area (Å²) in [6.07, 6.45) is 3.50. The first-order valence-electron chi connectivity index (χ1n) is 8.01. The average molecular weight is 368 g/mol. The van der Waals surface area contributed by atoms with Crippen LogP contribution >= 0.6 is 0 Å². The zero-order valence-corrected chi connectivity index (χ0v) is 15.3. The van der Waals surface area contributed by atoms with Crippen LogP contribution in [-0.2, 0) is 9.53 Å². The molecule has 2 aromatic rings. The van der Waals surface area contributed by atoms with Gasteiger partial charge < -0.3 is 24.1 Å². The van der Waals surface area contributed by atoms with Gasteiger partial charge in [0.25, 0.3) is 0 Å². The minimum absolute atomic E-state index is 0.00549. The molecule has 6 nitrogen and oxygen atoms in total. The van der Waals surface area contributed by atoms with Gasteiger partial charge in [0.15, 0.2) is 23.0 Å². The van der Waals surface area contributed by atoms with Crippen molar-refractivity contribution in [1.29, 1.82) is 0 Å². The highest BCUT2D eigenvalue weighted by atomic mass is 16.5. The molecule has 0 aliphatic heterocycles. The SMILES string of the molecule is COc1cc(C#CC(=O)OC/C=C/c2ccc(OC)c(OC)c2)ccc1O. The van der Waals surface area contributed by atoms with Gasteiger partial charge in [-0.2, -0.15) is 0 Å². The lowest BCUT2D eigenvalue weighted by molar-refractivity contribution is -0.135. The number of ether oxygens (including phenoxy) is 4. The van der Waals surface area contributed by atoms with Crippen LogP contribution in [0.5, 0.6) is 23.0 Å². The standard InChI is InChI=1S/C21H20O6/c1-24-18-10-7-15(14-20(18)26-3)5-4-12-27-21(23)11-8-16-6-9-17(22)19(13-16)25-2/h4-7,9-10,13-14,22H,12H2,1-3H3/b5-4+. The van der Waals surface area contributed by atoms with E-state index in [2.05, 4.69) is 11.8 Å². The monoisotopic (exact) mass is 368 g/mol. The van der Waals surface area contributed by atoms with E-state index in [1.807, 2.05) is 12.1 Å². The number of carbonyl (C=O) groups excluding carboxylic acids is 1. The van der Waals surface area contributed by atoms with Gasteiger partial charge in [0.1, 0.15) is 6.61 Å². The summed E-state index contributed by atoms with van der Waals surface area (Å²) in [5.74, 6) is 5.94. The Labute approximate surface area is 157 Å². The molecule has 6 heteroatoms. The van der Waals surface area contributed by atoms with Gasteiger partial charge in [-0.1, -0.05) is 18.1 Å². The Morgan fingerprint density at radius 3 is 2.44 bits per heavy atom. The molecule has 0 radical (unpaired) electrons. The maximum atomic E-state index is 11.7. The molecule has 0 heterocycles. The first-order chi connectivity index (χ1) is 13.1. The first kappa shape index (κ1) is 19.7. The quantitative estimate of drug-likeness (QED) is 0.624. The second-order valence-corrected chi connectivity index (χ2v) is 5.25. The van der Waals surface area contributed by atoms with Gasteiger partial charge in [-0.3, -0.25) is 0 Å². The third kappa shape index (κ3) is 5.72. The van der Waals surface area contributed by atoms with Gasteiger partial charge in [-0.15, -0.1) is 0 Å². The predicted octanol–water partition coefficient (Wildman–Crippen LogP) is 3.03. The van der Waals surface area contributed by atoms with E-state index < -0.39 is 5.97 Å². The lowest BCUT2D eigenvalue weighted by Crippen LogP contribution is -2.00. The van der Waals surface area contributed by atoms with Crippen molar-refractivity contribution in [3.8, 4) is 34.8 Å². The Balaban J connectivity index is 1.90. The highest BCUT2D eigenvalue weighted by Crippen LogP contribution is 2.28. The molecule has 0 unspecified atom stereocenters. The molecule has 0 saturated carbocycles. The Hall–Kier alpha value is -3.59. The molecule has 0 aliphatic carbocycles. The predicted molar refractivity (Wildman–Crippen MR) is 101 cm³/mol. The topological polar surface area (TPSA) is 74.2 Å². The van der Waals surface area contributed by atoms with Gasteiger partial charge >= 0.3 is 5.97 Å². The lowest BCUT2D eigenvalue weighted by atomic mass is 10.2. The van der Waals surface area contributed by atoms with Crippen LogP contribution in [0.3, 0.4) is 0 Å². The van der Waals surface area contributed by atoms with Crippen molar-refractivity contribution in [3.63, 3.8) is 0 Å². The third-order valence-corrected chi connectivity index (χ3v) is 3.52. The van der Waals surface area contributed by atoms with Crippen molar-refractivity contribution in [3.05, 3.63) is 53.6 Å². The molecule has 0 spiro atoms. The van der Waals surface area contributed by atoms with E-state index >= 15 is 0 Å². The van der Waals surface area contributed by atoms with Crippen LogP contribution in [0.4, 0.5) is 0 Å². The maximum absolute atomic E-state index is 11.7. The molecule has 0 aliphatic rings. The van der Waals surface area contributed by atoms with E-state index in [1.54, 1.807) is 38.5 Å². The van der Waals surface area contributed by atoms with Crippen molar-refractivity contribution >= 4 is 12.0 Å². The summed E-state index contributed by atoms with van der Waals surface area (Å²) >= 11 is 0. The second kappa shape index (κ2) is 9.78. The first-order valence-corrected chi connectivity index (χ1v) is 8.01. The molecule has 0 saturated heterocycles. The summed E-state index contributed by atoms with van der Waals surface area (Å²) in [5, 5.41) is 9.52. The molecular formula is C21H20O6. The Morgan fingerprint density at radius 1 is 1.00 bits per heavy atom. The number of phenols is 1. The third-order valence-electron chi connectivity index (χ3n) is 3.52. The van der Waals surface area contributed by atoms with Gasteiger partial charge in [-0.25, -0.2) is 4.79 Å². The van der Waals surface area contributed by atoms with Crippen molar-refractivity contribution in [2.24, 2.45) is 0 Å². The molecule has 0 aromatic heterocycles. The van der Waals surface area contributed by atoms with Crippen molar-refractivity contribution in [1.82, 2.24) is 0 Å². The largest absolute Gasteiger partial charge is 0.504 e. The molecule has 140 valence electrons. The van der Waals surface area contributed by atoms with E-state index in [0.717, 1.165) is 5.56 Å². The van der Waals surface area contributed by atoms with Crippen molar-refractivity contribution in [2.75, 3.05) is 27.9 Å². The van der Waals surface area contributed by atoms with Crippen LogP contribution in [0.15, 0.2) is 42.5 Å². The zero-order valence-electron chi connectivity index (χ0n) is 15.3. The van der Waals surface area contributed by atoms with Crippen LogP contribution in [0, 0.1) is 11.8 Å². The van der Waals surface area contributed by atoms with Crippen molar-refractivity contribution in [2.45, 2.75) is 0 Å². The summed E-state index contributed by atoms with van der Waals surface area (Å²) < 4.78 is 20.4. The highest BCUT2D eigenvalue weighted by Gasteiger charge is 2.03. The smallest absolute Gasteiger partial charge is 0.385 e. The average Bonchev–Trinajstić information content (AvgIpc) is 2.70. The highest BCUT2D eigenvalue weighted by molar-refractivity contribution is 5.89. The fraction of sp³-hybridized carbons (Fsp3) is 0.190. The second-order valence-electron chi connectivity index (χ2n) is 5.25. The number of benzene rings is 2. The van der Waals surface area contributed by atoms with Crippen molar-refractivity contribution < 1.29 is 28.8 Å². The van der Waals surface area contributed by atoms with Gasteiger partial charge in [-0.05, 0) is 42.0 Å². The summed E-state index contributed by atoms with van der Waals surface area (Å²) in [5.41, 5.74) is 1.41. The fourth-order valence-electron chi connectivity index (χ4n) is 2.18. The van der Waals surface area contributed by atoms with E-state index in [1.165, 1.54) is 19.2 Å². The van der Waals surface area contributed by atoms with Crippen LogP contribution in [0.1, 0.15) is 11.1 Å². The normalized spacial score (nSPS) is 10.0. The van der Waals surface area contributed by atoms with E-state index in [-0.39, 0.29) is 18.1 Å². The molecule has 0 atom stereocenters. The number of hydrogen-bond acceptors (Lipinski definition) is 6. The lowest BCUT2D eigenvalue weighted by Gasteiger charge is -2.07. The molecule has 27 heavy (non-hydrogen) atoms. The molecule has 1 N–H and O–H groups in total. The number of esters is 1. The number of aromatic hydroxyl groups is 1. The minimum atomic E-state index is -0.654.